The van der Waals surface area contributed by atoms with E-state index >= 15 is 0 Å². The van der Waals surface area contributed by atoms with Gasteiger partial charge in [-0.1, -0.05) is 19.1 Å². The Bertz CT molecular complexity index is 277. The van der Waals surface area contributed by atoms with Crippen LogP contribution in [-0.2, 0) is 10.0 Å². The largest absolute Gasteiger partial charge is 0.396 e. The van der Waals surface area contributed by atoms with Crippen molar-refractivity contribution < 1.29 is 13.5 Å². The summed E-state index contributed by atoms with van der Waals surface area (Å²) < 4.78 is 24.4. The van der Waals surface area contributed by atoms with E-state index in [1.807, 2.05) is 0 Å². The molecule has 0 bridgehead atoms. The molecule has 0 heterocycles. The standard InChI is InChI=1S/C7H16N2O3S2/c1-2-9(4-3-5-10)14(11,12)6-7(8)13/h10H,2-6H2,1H3,(H2,8,13). The van der Waals surface area contributed by atoms with Crippen LogP contribution in [0, 0.1) is 0 Å². The van der Waals surface area contributed by atoms with Crippen molar-refractivity contribution in [3.8, 4) is 0 Å². The monoisotopic (exact) mass is 240 g/mol. The summed E-state index contributed by atoms with van der Waals surface area (Å²) >= 11 is 4.55. The summed E-state index contributed by atoms with van der Waals surface area (Å²) in [4.78, 5) is -0.0348. The predicted octanol–water partition coefficient (Wildman–Crippen LogP) is -0.693. The molecule has 0 unspecified atom stereocenters. The number of sulfonamides is 1. The van der Waals surface area contributed by atoms with Gasteiger partial charge in [0.25, 0.3) is 0 Å². The number of nitrogens with two attached hydrogens (primary N) is 1. The first-order valence-corrected chi connectivity index (χ1v) is 6.32. The second kappa shape index (κ2) is 6.28. The van der Waals surface area contributed by atoms with E-state index in [1.165, 1.54) is 4.31 Å². The van der Waals surface area contributed by atoms with Crippen molar-refractivity contribution in [2.75, 3.05) is 25.4 Å². The predicted molar refractivity (Wildman–Crippen MR) is 59.5 cm³/mol. The number of hydrogen-bond donors (Lipinski definition) is 2. The Morgan fingerprint density at radius 2 is 2.14 bits per heavy atom. The maximum Gasteiger partial charge on any atom is 0.220 e. The lowest BCUT2D eigenvalue weighted by Crippen LogP contribution is -2.37. The Kier molecular flexibility index (Phi) is 6.17. The number of aliphatic hydroxyl groups is 1. The maximum atomic E-state index is 11.6. The molecule has 14 heavy (non-hydrogen) atoms. The fourth-order valence-corrected chi connectivity index (χ4v) is 2.80. The summed E-state index contributed by atoms with van der Waals surface area (Å²) in [5.41, 5.74) is 5.18. The molecule has 5 nitrogen and oxygen atoms in total. The van der Waals surface area contributed by atoms with Crippen LogP contribution >= 0.6 is 12.2 Å². The normalized spacial score (nSPS) is 11.9. The molecule has 84 valence electrons. The van der Waals surface area contributed by atoms with Crippen LogP contribution in [0.5, 0.6) is 0 Å². The van der Waals surface area contributed by atoms with Crippen LogP contribution in [0.2, 0.25) is 0 Å². The lowest BCUT2D eigenvalue weighted by Gasteiger charge is -2.19. The number of rotatable bonds is 7. The molecule has 0 saturated heterocycles. The Morgan fingerprint density at radius 1 is 1.57 bits per heavy atom. The molecule has 0 atom stereocenters. The van der Waals surface area contributed by atoms with E-state index in [9.17, 15) is 8.42 Å². The minimum absolute atomic E-state index is 0.0287. The van der Waals surface area contributed by atoms with Gasteiger partial charge in [0.05, 0.1) is 4.99 Å². The molecule has 0 saturated carbocycles. The summed E-state index contributed by atoms with van der Waals surface area (Å²) in [6.07, 6.45) is 0.421. The summed E-state index contributed by atoms with van der Waals surface area (Å²) in [7, 11) is -3.39. The van der Waals surface area contributed by atoms with E-state index in [-0.39, 0.29) is 17.3 Å². The third-order valence-electron chi connectivity index (χ3n) is 1.64. The number of thiocarbonyl (C=S) groups is 1. The molecule has 0 aliphatic heterocycles. The number of nitrogens with zero attached hydrogens (tertiary/aromatic N) is 1. The third-order valence-corrected chi connectivity index (χ3v) is 3.87. The molecular weight excluding hydrogens is 224 g/mol. The van der Waals surface area contributed by atoms with Crippen LogP contribution in [0.3, 0.4) is 0 Å². The average Bonchev–Trinajstić information content (AvgIpc) is 2.02. The molecule has 0 radical (unpaired) electrons. The first-order chi connectivity index (χ1) is 6.44. The van der Waals surface area contributed by atoms with Gasteiger partial charge in [-0.05, 0) is 6.42 Å². The van der Waals surface area contributed by atoms with E-state index in [2.05, 4.69) is 12.2 Å². The van der Waals surface area contributed by atoms with Gasteiger partial charge in [0.15, 0.2) is 0 Å². The highest BCUT2D eigenvalue weighted by Crippen LogP contribution is 2.02. The zero-order valence-corrected chi connectivity index (χ0v) is 9.77. The van der Waals surface area contributed by atoms with Crippen molar-refractivity contribution >= 4 is 27.2 Å². The maximum absolute atomic E-state index is 11.6. The molecule has 7 heteroatoms. The van der Waals surface area contributed by atoms with Crippen LogP contribution in [0.4, 0.5) is 0 Å². The van der Waals surface area contributed by atoms with Crippen molar-refractivity contribution in [2.45, 2.75) is 13.3 Å². The molecule has 0 aromatic rings. The first kappa shape index (κ1) is 13.8. The van der Waals surface area contributed by atoms with Gasteiger partial charge in [-0.15, -0.1) is 0 Å². The summed E-state index contributed by atoms with van der Waals surface area (Å²) in [5, 5.41) is 8.59. The van der Waals surface area contributed by atoms with Gasteiger partial charge in [0.2, 0.25) is 10.0 Å². The lowest BCUT2D eigenvalue weighted by atomic mass is 10.4. The van der Waals surface area contributed by atoms with E-state index in [4.69, 9.17) is 10.8 Å². The van der Waals surface area contributed by atoms with Gasteiger partial charge < -0.3 is 10.8 Å². The van der Waals surface area contributed by atoms with Crippen LogP contribution in [0.1, 0.15) is 13.3 Å². The average molecular weight is 240 g/mol. The van der Waals surface area contributed by atoms with Gasteiger partial charge in [-0.3, -0.25) is 0 Å². The zero-order valence-electron chi connectivity index (χ0n) is 8.14. The second-order valence-corrected chi connectivity index (χ2v) is 5.28. The molecule has 3 N–H and O–H groups in total. The minimum atomic E-state index is -3.39. The smallest absolute Gasteiger partial charge is 0.220 e. The minimum Gasteiger partial charge on any atom is -0.396 e. The Hall–Kier alpha value is -0.240. The fourth-order valence-electron chi connectivity index (χ4n) is 1.01. The molecule has 0 aliphatic carbocycles. The van der Waals surface area contributed by atoms with Crippen molar-refractivity contribution in [3.05, 3.63) is 0 Å². The van der Waals surface area contributed by atoms with Gasteiger partial charge >= 0.3 is 0 Å². The first-order valence-electron chi connectivity index (χ1n) is 4.31. The van der Waals surface area contributed by atoms with Gasteiger partial charge in [0, 0.05) is 19.7 Å². The summed E-state index contributed by atoms with van der Waals surface area (Å²) in [5.74, 6) is -0.304. The Labute approximate surface area is 89.9 Å². The van der Waals surface area contributed by atoms with Crippen LogP contribution in [0.15, 0.2) is 0 Å². The van der Waals surface area contributed by atoms with E-state index in [1.54, 1.807) is 6.92 Å². The number of aliphatic hydroxyl groups excluding tert-OH is 1. The third kappa shape index (κ3) is 4.85. The molecule has 0 aromatic heterocycles. The highest BCUT2D eigenvalue weighted by Gasteiger charge is 2.20. The van der Waals surface area contributed by atoms with E-state index in [0.717, 1.165) is 0 Å². The molecule has 0 aliphatic rings. The van der Waals surface area contributed by atoms with Crippen molar-refractivity contribution in [3.63, 3.8) is 0 Å². The summed E-state index contributed by atoms with van der Waals surface area (Å²) in [6, 6.07) is 0. The Morgan fingerprint density at radius 3 is 2.50 bits per heavy atom. The van der Waals surface area contributed by atoms with Crippen LogP contribution in [0.25, 0.3) is 0 Å². The highest BCUT2D eigenvalue weighted by atomic mass is 32.2. The summed E-state index contributed by atoms with van der Waals surface area (Å²) in [6.45, 7) is 2.37. The molecule has 0 aromatic carbocycles. The van der Waals surface area contributed by atoms with Gasteiger partial charge in [-0.2, -0.15) is 0 Å². The SMILES string of the molecule is CCN(CCCO)S(=O)(=O)CC(N)=S. The van der Waals surface area contributed by atoms with Gasteiger partial charge in [0.1, 0.15) is 5.75 Å². The van der Waals surface area contributed by atoms with E-state index in [0.29, 0.717) is 19.5 Å². The van der Waals surface area contributed by atoms with Crippen molar-refractivity contribution in [1.82, 2.24) is 4.31 Å². The second-order valence-electron chi connectivity index (χ2n) is 2.79. The molecule has 0 amide bonds. The quantitative estimate of drug-likeness (QED) is 0.575. The van der Waals surface area contributed by atoms with E-state index < -0.39 is 10.0 Å². The molecule has 0 fully saturated rings. The fraction of sp³-hybridized carbons (Fsp3) is 0.857. The van der Waals surface area contributed by atoms with Crippen molar-refractivity contribution in [2.24, 2.45) is 5.73 Å². The lowest BCUT2D eigenvalue weighted by molar-refractivity contribution is 0.271. The Balaban J connectivity index is 4.41. The van der Waals surface area contributed by atoms with Crippen molar-refractivity contribution in [1.29, 1.82) is 0 Å². The highest BCUT2D eigenvalue weighted by molar-refractivity contribution is 7.92. The van der Waals surface area contributed by atoms with Gasteiger partial charge in [-0.25, -0.2) is 12.7 Å². The number of hydrogen-bond acceptors (Lipinski definition) is 4. The topological polar surface area (TPSA) is 83.6 Å². The van der Waals surface area contributed by atoms with Crippen LogP contribution < -0.4 is 5.73 Å². The molecular formula is C7H16N2O3S2. The molecule has 0 spiro atoms. The van der Waals surface area contributed by atoms with Crippen LogP contribution in [-0.4, -0.2) is 48.3 Å². The zero-order chi connectivity index (χ0) is 11.2. The molecule has 0 rings (SSSR count).